The number of carbonyl (C=O) groups is 3. The van der Waals surface area contributed by atoms with Crippen LogP contribution < -0.4 is 5.73 Å². The van der Waals surface area contributed by atoms with Gasteiger partial charge in [-0.25, -0.2) is 0 Å². The van der Waals surface area contributed by atoms with Crippen molar-refractivity contribution in [2.75, 3.05) is 14.1 Å². The van der Waals surface area contributed by atoms with Crippen LogP contribution in [0, 0.1) is 11.8 Å². The molecule has 0 saturated heterocycles. The summed E-state index contributed by atoms with van der Waals surface area (Å²) in [6.07, 6.45) is 1.35. The van der Waals surface area contributed by atoms with Crippen molar-refractivity contribution in [3.8, 4) is 16.9 Å². The number of rotatable bonds is 3. The maximum Gasteiger partial charge on any atom is 0.255 e. The molecule has 1 saturated carbocycles. The van der Waals surface area contributed by atoms with Crippen LogP contribution in [0.5, 0.6) is 5.75 Å². The molecule has 4 aliphatic rings. The molecule has 0 bridgehead atoms. The number of primary amides is 1. The summed E-state index contributed by atoms with van der Waals surface area (Å²) in [7, 11) is 2.95. The van der Waals surface area contributed by atoms with Crippen LogP contribution in [-0.2, 0) is 27.2 Å². The van der Waals surface area contributed by atoms with Crippen LogP contribution in [0.3, 0.4) is 0 Å². The Kier molecular flexibility index (Phi) is 5.97. The lowest BCUT2D eigenvalue weighted by Gasteiger charge is -2.53. The summed E-state index contributed by atoms with van der Waals surface area (Å²) in [5.74, 6) is -8.94. The number of phenolic OH excluding ortho intramolecular Hbond substituents is 1. The van der Waals surface area contributed by atoms with E-state index < -0.39 is 75.6 Å². The number of hydrogen-bond acceptors (Lipinski definition) is 9. The number of amides is 1. The van der Waals surface area contributed by atoms with Gasteiger partial charge >= 0.3 is 0 Å². The number of nitrogens with two attached hydrogens (primary N) is 1. The Bertz CT molecular complexity index is 1620. The van der Waals surface area contributed by atoms with E-state index in [9.17, 15) is 39.9 Å². The van der Waals surface area contributed by atoms with E-state index >= 15 is 0 Å². The molecule has 1 fully saturated rings. The van der Waals surface area contributed by atoms with Crippen molar-refractivity contribution >= 4 is 23.2 Å². The number of aryl methyl sites for hydroxylation is 2. The highest BCUT2D eigenvalue weighted by molar-refractivity contribution is 6.24. The van der Waals surface area contributed by atoms with Crippen LogP contribution >= 0.6 is 0 Å². The fourth-order valence-electron chi connectivity index (χ4n) is 7.59. The third-order valence-electron chi connectivity index (χ3n) is 9.54. The van der Waals surface area contributed by atoms with Gasteiger partial charge in [-0.3, -0.25) is 19.3 Å². The minimum atomic E-state index is -2.93. The van der Waals surface area contributed by atoms with Crippen LogP contribution in [0.15, 0.2) is 47.2 Å². The number of ketones is 2. The lowest BCUT2D eigenvalue weighted by Crippen LogP contribution is -2.70. The quantitative estimate of drug-likeness (QED) is 0.304. The van der Waals surface area contributed by atoms with Gasteiger partial charge in [-0.1, -0.05) is 37.3 Å². The fraction of sp³-hybridized carbons (Fsp3) is 0.387. The van der Waals surface area contributed by atoms with Gasteiger partial charge in [-0.2, -0.15) is 0 Å². The number of phenols is 1. The van der Waals surface area contributed by atoms with Gasteiger partial charge in [-0.15, -0.1) is 0 Å². The maximum absolute atomic E-state index is 14.1. The van der Waals surface area contributed by atoms with E-state index in [0.29, 0.717) is 11.1 Å². The van der Waals surface area contributed by atoms with Gasteiger partial charge in [-0.05, 0) is 61.5 Å². The first-order chi connectivity index (χ1) is 19.3. The number of hydrogen-bond donors (Lipinski definition) is 6. The van der Waals surface area contributed by atoms with Crippen LogP contribution in [0.1, 0.15) is 41.5 Å². The van der Waals surface area contributed by atoms with Crippen molar-refractivity contribution in [2.24, 2.45) is 17.6 Å². The van der Waals surface area contributed by atoms with Crippen molar-refractivity contribution in [2.45, 2.75) is 49.9 Å². The zero-order valence-electron chi connectivity index (χ0n) is 22.9. The molecular weight excluding hydrogens is 528 g/mol. The van der Waals surface area contributed by atoms with Crippen molar-refractivity contribution in [1.82, 2.24) is 4.90 Å². The molecule has 0 heterocycles. The minimum Gasteiger partial charge on any atom is -0.508 e. The molecule has 0 spiro atoms. The average molecular weight is 561 g/mol. The number of nitrogens with zero attached hydrogens (tertiary/aromatic N) is 1. The second-order valence-corrected chi connectivity index (χ2v) is 11.8. The molecule has 6 atom stereocenters. The maximum atomic E-state index is 14.1. The highest BCUT2D eigenvalue weighted by Crippen LogP contribution is 2.57. The first kappa shape index (κ1) is 27.2. The molecule has 41 heavy (non-hydrogen) atoms. The predicted molar refractivity (Wildman–Crippen MR) is 148 cm³/mol. The first-order valence-electron chi connectivity index (χ1n) is 13.6. The molecule has 10 heteroatoms. The SMILES string of the molecule is C[C@H]1c2ccc(-c3ccc4c(c3)CCC4)c(O)c2C(O)=C2C(=O)[C@]3(O)C(O)=C(C(N)=O)C(=O)[C@@H](N(C)C)[C@@H]3[C@@H](O)[C@@H]21. The molecule has 2 aromatic rings. The largest absolute Gasteiger partial charge is 0.508 e. The molecule has 6 rings (SSSR count). The number of aliphatic hydroxyl groups is 4. The molecule has 0 aromatic heterocycles. The van der Waals surface area contributed by atoms with Crippen molar-refractivity contribution in [1.29, 1.82) is 0 Å². The fourth-order valence-corrected chi connectivity index (χ4v) is 7.59. The van der Waals surface area contributed by atoms with Crippen LogP contribution in [0.2, 0.25) is 0 Å². The number of carbonyl (C=O) groups excluding carboxylic acids is 3. The molecule has 1 amide bonds. The summed E-state index contributed by atoms with van der Waals surface area (Å²) in [4.78, 5) is 40.9. The number of fused-ring (bicyclic) bond motifs is 4. The number of aliphatic hydroxyl groups excluding tert-OH is 3. The van der Waals surface area contributed by atoms with E-state index in [4.69, 9.17) is 5.73 Å². The van der Waals surface area contributed by atoms with Crippen molar-refractivity contribution in [3.63, 3.8) is 0 Å². The van der Waals surface area contributed by atoms with E-state index in [1.165, 1.54) is 30.1 Å². The molecule has 0 radical (unpaired) electrons. The Labute approximate surface area is 236 Å². The Balaban J connectivity index is 1.57. The van der Waals surface area contributed by atoms with E-state index in [1.54, 1.807) is 19.1 Å². The molecule has 7 N–H and O–H groups in total. The van der Waals surface area contributed by atoms with Crippen molar-refractivity contribution < 1.29 is 39.9 Å². The molecule has 10 nitrogen and oxygen atoms in total. The van der Waals surface area contributed by atoms with E-state index in [0.717, 1.165) is 24.8 Å². The third kappa shape index (κ3) is 3.44. The Morgan fingerprint density at radius 2 is 1.73 bits per heavy atom. The second kappa shape index (κ2) is 9.01. The first-order valence-corrected chi connectivity index (χ1v) is 13.6. The monoisotopic (exact) mass is 560 g/mol. The van der Waals surface area contributed by atoms with Gasteiger partial charge < -0.3 is 31.3 Å². The van der Waals surface area contributed by atoms with E-state index in [1.807, 2.05) is 18.2 Å². The van der Waals surface area contributed by atoms with Crippen molar-refractivity contribution in [3.05, 3.63) is 69.5 Å². The minimum absolute atomic E-state index is 0.0148. The Hall–Kier alpha value is -3.99. The van der Waals surface area contributed by atoms with E-state index in [2.05, 4.69) is 0 Å². The van der Waals surface area contributed by atoms with Crippen LogP contribution in [0.4, 0.5) is 0 Å². The molecule has 0 aliphatic heterocycles. The predicted octanol–water partition coefficient (Wildman–Crippen LogP) is 1.65. The molecule has 214 valence electrons. The highest BCUT2D eigenvalue weighted by Gasteiger charge is 2.68. The molecule has 0 unspecified atom stereocenters. The Morgan fingerprint density at radius 1 is 1.05 bits per heavy atom. The zero-order valence-corrected chi connectivity index (χ0v) is 22.9. The molecule has 2 aromatic carbocycles. The second-order valence-electron chi connectivity index (χ2n) is 11.8. The lowest BCUT2D eigenvalue weighted by molar-refractivity contribution is -0.169. The van der Waals surface area contributed by atoms with Crippen LogP contribution in [-0.4, -0.2) is 79.7 Å². The van der Waals surface area contributed by atoms with E-state index in [-0.39, 0.29) is 11.3 Å². The van der Waals surface area contributed by atoms with Gasteiger partial charge in [0, 0.05) is 17.1 Å². The number of likely N-dealkylation sites (N-methyl/N-ethyl adjacent to an activating group) is 1. The topological polar surface area (TPSA) is 182 Å². The zero-order chi connectivity index (χ0) is 29.7. The lowest BCUT2D eigenvalue weighted by atomic mass is 9.54. The van der Waals surface area contributed by atoms with Gasteiger partial charge in [0.05, 0.1) is 23.6 Å². The summed E-state index contributed by atoms with van der Waals surface area (Å²) in [5.41, 5.74) is 5.15. The normalized spacial score (nSPS) is 30.7. The highest BCUT2D eigenvalue weighted by atomic mass is 16.4. The summed E-state index contributed by atoms with van der Waals surface area (Å²) < 4.78 is 0. The summed E-state index contributed by atoms with van der Waals surface area (Å²) in [5, 5.41) is 57.6. The van der Waals surface area contributed by atoms with Gasteiger partial charge in [0.25, 0.3) is 5.91 Å². The summed E-state index contributed by atoms with van der Waals surface area (Å²) in [6.45, 7) is 1.71. The molecule has 4 aliphatic carbocycles. The molecular formula is C31H32N2O8. The smallest absolute Gasteiger partial charge is 0.255 e. The Morgan fingerprint density at radius 3 is 2.39 bits per heavy atom. The number of Topliss-reactive ketones (excluding diaryl/α,β-unsaturated/α-hetero) is 2. The number of aromatic hydroxyl groups is 1. The summed E-state index contributed by atoms with van der Waals surface area (Å²) in [6, 6.07) is 7.98. The average Bonchev–Trinajstić information content (AvgIpc) is 3.38. The third-order valence-corrected chi connectivity index (χ3v) is 9.54. The van der Waals surface area contributed by atoms with Gasteiger partial charge in [0.2, 0.25) is 5.78 Å². The standard InChI is InChI=1S/C31H32N2O8/c1-12-16-9-10-17(15-8-7-13-5-4-6-14(13)11-15)24(34)19(16)25(35)20-18(12)26(36)22-23(33(2)3)27(37)21(30(32)40)29(39)31(22,41)28(20)38/h7-12,18,22-23,26,34-36,39,41H,4-6H2,1-3H3,(H2,32,40)/t12-,18+,22+,23-,26-,31-/m0/s1. The summed E-state index contributed by atoms with van der Waals surface area (Å²) >= 11 is 0. The van der Waals surface area contributed by atoms with Gasteiger partial charge in [0.15, 0.2) is 11.4 Å². The van der Waals surface area contributed by atoms with Gasteiger partial charge in [0.1, 0.15) is 22.8 Å². The number of benzene rings is 2. The van der Waals surface area contributed by atoms with Crippen LogP contribution in [0.25, 0.3) is 16.9 Å².